The lowest BCUT2D eigenvalue weighted by Crippen LogP contribution is -2.50. The van der Waals surface area contributed by atoms with Crippen molar-refractivity contribution in [1.29, 1.82) is 0 Å². The Labute approximate surface area is 346 Å². The molecule has 330 valence electrons. The van der Waals surface area contributed by atoms with E-state index in [0.29, 0.717) is 25.8 Å². The Balaban J connectivity index is 0. The lowest BCUT2D eigenvalue weighted by atomic mass is 9.88. The summed E-state index contributed by atoms with van der Waals surface area (Å²) in [6.45, 7) is 12.2. The number of hydrogen-bond donors (Lipinski definition) is 1. The molecule has 0 aromatic carbocycles. The molecule has 0 aromatic rings. The van der Waals surface area contributed by atoms with E-state index < -0.39 is 5.60 Å². The number of amides is 1. The molecule has 0 radical (unpaired) electrons. The fourth-order valence-corrected chi connectivity index (χ4v) is 7.77. The van der Waals surface area contributed by atoms with E-state index in [9.17, 15) is 9.59 Å². The number of nitrogens with one attached hydrogen (secondary N) is 1. The third-order valence-corrected chi connectivity index (χ3v) is 11.4. The van der Waals surface area contributed by atoms with Crippen molar-refractivity contribution in [1.82, 2.24) is 10.2 Å². The van der Waals surface area contributed by atoms with Crippen LogP contribution in [0.2, 0.25) is 0 Å². The van der Waals surface area contributed by atoms with E-state index in [1.165, 1.54) is 180 Å². The highest BCUT2D eigenvalue weighted by molar-refractivity contribution is 5.87. The lowest BCUT2D eigenvalue weighted by Gasteiger charge is -2.33. The molecule has 0 aliphatic heterocycles. The first-order valence-corrected chi connectivity index (χ1v) is 25.1. The van der Waals surface area contributed by atoms with E-state index >= 15 is 0 Å². The van der Waals surface area contributed by atoms with E-state index in [1.807, 2.05) is 27.9 Å². The first-order valence-electron chi connectivity index (χ1n) is 25.1. The number of nitrogens with zero attached hydrogens (tertiary/aromatic N) is 1. The fourth-order valence-electron chi connectivity index (χ4n) is 7.77. The molecule has 5 heteroatoms. The second kappa shape index (κ2) is 45.6. The molecule has 0 fully saturated rings. The molecule has 0 atom stereocenters. The number of ether oxygens (including phenoxy) is 1. The van der Waals surface area contributed by atoms with E-state index in [2.05, 4.69) is 31.0 Å². The summed E-state index contributed by atoms with van der Waals surface area (Å²) < 4.78 is 6.29. The van der Waals surface area contributed by atoms with E-state index in [0.717, 1.165) is 51.5 Å². The average Bonchev–Trinajstić information content (AvgIpc) is 3.18. The molecule has 0 saturated heterocycles. The second-order valence-corrected chi connectivity index (χ2v) is 17.1. The average molecular weight is 779 g/mol. The van der Waals surface area contributed by atoms with Gasteiger partial charge in [0, 0.05) is 13.0 Å². The molecular formula is C50H102N2O3. The van der Waals surface area contributed by atoms with Gasteiger partial charge in [-0.2, -0.15) is 0 Å². The molecule has 1 amide bonds. The van der Waals surface area contributed by atoms with Gasteiger partial charge >= 0.3 is 5.97 Å². The van der Waals surface area contributed by atoms with E-state index in [-0.39, 0.29) is 11.9 Å². The highest BCUT2D eigenvalue weighted by Gasteiger charge is 2.41. The van der Waals surface area contributed by atoms with Crippen molar-refractivity contribution in [2.24, 2.45) is 0 Å². The number of hydrogen-bond acceptors (Lipinski definition) is 4. The van der Waals surface area contributed by atoms with Crippen molar-refractivity contribution in [3.63, 3.8) is 0 Å². The van der Waals surface area contributed by atoms with Crippen molar-refractivity contribution in [2.75, 3.05) is 27.2 Å². The molecule has 0 rings (SSSR count). The van der Waals surface area contributed by atoms with Crippen LogP contribution >= 0.6 is 0 Å². The predicted molar refractivity (Wildman–Crippen MR) is 244 cm³/mol. The molecule has 0 saturated carbocycles. The third-order valence-electron chi connectivity index (χ3n) is 11.4. The minimum absolute atomic E-state index is 0.0474. The molecule has 0 bridgehead atoms. The smallest absolute Gasteiger partial charge is 0.306 e. The van der Waals surface area contributed by atoms with Gasteiger partial charge in [-0.1, -0.05) is 234 Å². The van der Waals surface area contributed by atoms with Crippen LogP contribution in [0.3, 0.4) is 0 Å². The molecule has 5 nitrogen and oxygen atoms in total. The minimum Gasteiger partial charge on any atom is -0.449 e. The van der Waals surface area contributed by atoms with Gasteiger partial charge in [-0.05, 0) is 59.2 Å². The molecular weight excluding hydrogens is 677 g/mol. The Kier molecular flexibility index (Phi) is 46.4. The van der Waals surface area contributed by atoms with Gasteiger partial charge in [0.2, 0.25) is 0 Å². The summed E-state index contributed by atoms with van der Waals surface area (Å²) >= 11 is 0. The predicted octanol–water partition coefficient (Wildman–Crippen LogP) is 15.9. The zero-order chi connectivity index (χ0) is 40.9. The Morgan fingerprint density at radius 1 is 0.436 bits per heavy atom. The number of carbonyl (C=O) groups is 2. The van der Waals surface area contributed by atoms with Gasteiger partial charge in [0.25, 0.3) is 5.91 Å². The summed E-state index contributed by atoms with van der Waals surface area (Å²) in [6, 6.07) is 0. The number of rotatable bonds is 43. The third kappa shape index (κ3) is 39.5. The van der Waals surface area contributed by atoms with Gasteiger partial charge in [-0.15, -0.1) is 0 Å². The standard InChI is InChI=1S/C48H96N2O3.C2H6/c1-6-9-12-14-16-18-20-22-24-26-28-30-32-34-36-38-42-48(47(52)49-44-11-8-3,53-46(51)41-40-45-50(4)5)43-39-37-35-33-31-29-27-25-23-21-19-17-15-13-10-7-2;1-2/h6-45H2,1-5H3,(H,49,52);1-2H3. The molecule has 0 heterocycles. The van der Waals surface area contributed by atoms with Crippen LogP contribution in [-0.2, 0) is 14.3 Å². The van der Waals surface area contributed by atoms with Gasteiger partial charge in [0.05, 0.1) is 0 Å². The molecule has 1 N–H and O–H groups in total. The van der Waals surface area contributed by atoms with Crippen LogP contribution in [0.5, 0.6) is 0 Å². The Morgan fingerprint density at radius 3 is 1.02 bits per heavy atom. The highest BCUT2D eigenvalue weighted by atomic mass is 16.6. The quantitative estimate of drug-likeness (QED) is 0.0495. The van der Waals surface area contributed by atoms with Gasteiger partial charge in [0.15, 0.2) is 5.60 Å². The number of esters is 1. The van der Waals surface area contributed by atoms with Gasteiger partial charge in [-0.3, -0.25) is 9.59 Å². The topological polar surface area (TPSA) is 58.6 Å². The van der Waals surface area contributed by atoms with E-state index in [1.54, 1.807) is 0 Å². The lowest BCUT2D eigenvalue weighted by molar-refractivity contribution is -0.171. The molecule has 0 unspecified atom stereocenters. The van der Waals surface area contributed by atoms with Crippen molar-refractivity contribution in [3.8, 4) is 0 Å². The van der Waals surface area contributed by atoms with Crippen LogP contribution in [0.1, 0.15) is 279 Å². The maximum Gasteiger partial charge on any atom is 0.306 e. The van der Waals surface area contributed by atoms with Gasteiger partial charge in [-0.25, -0.2) is 0 Å². The van der Waals surface area contributed by atoms with Crippen LogP contribution in [0, 0.1) is 0 Å². The summed E-state index contributed by atoms with van der Waals surface area (Å²) in [5.74, 6) is -0.251. The molecule has 55 heavy (non-hydrogen) atoms. The largest absolute Gasteiger partial charge is 0.449 e. The zero-order valence-corrected chi connectivity index (χ0v) is 39.0. The monoisotopic (exact) mass is 779 g/mol. The van der Waals surface area contributed by atoms with Crippen molar-refractivity contribution in [2.45, 2.75) is 284 Å². The normalized spacial score (nSPS) is 11.5. The van der Waals surface area contributed by atoms with Crippen LogP contribution in [-0.4, -0.2) is 49.6 Å². The van der Waals surface area contributed by atoms with Crippen molar-refractivity contribution in [3.05, 3.63) is 0 Å². The Hall–Kier alpha value is -1.10. The first-order chi connectivity index (χ1) is 26.9. The number of unbranched alkanes of at least 4 members (excludes halogenated alkanes) is 31. The summed E-state index contributed by atoms with van der Waals surface area (Å²) in [7, 11) is 4.07. The summed E-state index contributed by atoms with van der Waals surface area (Å²) in [5.41, 5.74) is -1.02. The number of carbonyl (C=O) groups excluding carboxylic acids is 2. The van der Waals surface area contributed by atoms with Crippen LogP contribution < -0.4 is 5.32 Å². The maximum atomic E-state index is 13.8. The first kappa shape index (κ1) is 56.0. The Morgan fingerprint density at radius 2 is 0.727 bits per heavy atom. The fraction of sp³-hybridized carbons (Fsp3) is 0.960. The van der Waals surface area contributed by atoms with Crippen LogP contribution in [0.25, 0.3) is 0 Å². The molecule has 0 aliphatic carbocycles. The SMILES string of the molecule is CC.CCCCCCCCCCCCCCCCCCC(CCCCCCCCCCCCCCCCCC)(OC(=O)CCCN(C)C)C(=O)NCCCC. The summed E-state index contributed by atoms with van der Waals surface area (Å²) in [6.07, 6.45) is 46.9. The molecule has 0 aromatic heterocycles. The van der Waals surface area contributed by atoms with Crippen LogP contribution in [0.15, 0.2) is 0 Å². The van der Waals surface area contributed by atoms with Gasteiger partial charge in [0.1, 0.15) is 0 Å². The van der Waals surface area contributed by atoms with Crippen LogP contribution in [0.4, 0.5) is 0 Å². The summed E-state index contributed by atoms with van der Waals surface area (Å²) in [4.78, 5) is 29.1. The van der Waals surface area contributed by atoms with Crippen molar-refractivity contribution >= 4 is 11.9 Å². The Bertz CT molecular complexity index is 734. The zero-order valence-electron chi connectivity index (χ0n) is 39.0. The van der Waals surface area contributed by atoms with Crippen molar-refractivity contribution < 1.29 is 14.3 Å². The highest BCUT2D eigenvalue weighted by Crippen LogP contribution is 2.29. The summed E-state index contributed by atoms with van der Waals surface area (Å²) in [5, 5.41) is 3.19. The molecule has 0 spiro atoms. The minimum atomic E-state index is -1.02. The maximum absolute atomic E-state index is 13.8. The molecule has 0 aliphatic rings. The second-order valence-electron chi connectivity index (χ2n) is 17.1. The van der Waals surface area contributed by atoms with E-state index in [4.69, 9.17) is 4.74 Å². The van der Waals surface area contributed by atoms with Gasteiger partial charge < -0.3 is 15.0 Å².